The van der Waals surface area contributed by atoms with Gasteiger partial charge < -0.3 is 29.8 Å². The molecule has 0 spiro atoms. The lowest BCUT2D eigenvalue weighted by molar-refractivity contribution is -0.109. The Kier molecular flexibility index (Phi) is 8.54. The zero-order valence-corrected chi connectivity index (χ0v) is 20.2. The van der Waals surface area contributed by atoms with Crippen molar-refractivity contribution in [2.24, 2.45) is 11.8 Å². The van der Waals surface area contributed by atoms with E-state index in [0.29, 0.717) is 36.7 Å². The van der Waals surface area contributed by atoms with Crippen LogP contribution in [-0.4, -0.2) is 86.1 Å². The van der Waals surface area contributed by atoms with E-state index >= 15 is 0 Å². The number of piperidine rings is 1. The molecule has 2 N–H and O–H groups in total. The van der Waals surface area contributed by atoms with Crippen LogP contribution in [0.15, 0.2) is 30.5 Å². The first-order chi connectivity index (χ1) is 16.6. The number of nitrogens with one attached hydrogen (secondary N) is 2. The fraction of sp³-hybridized carbons (Fsp3) is 0.560. The van der Waals surface area contributed by atoms with Gasteiger partial charge >= 0.3 is 0 Å². The topological polar surface area (TPSA) is 91.9 Å². The Morgan fingerprint density at radius 1 is 1.12 bits per heavy atom. The van der Waals surface area contributed by atoms with Crippen molar-refractivity contribution < 1.29 is 14.3 Å². The second-order valence-electron chi connectivity index (χ2n) is 9.28. The first-order valence-electron chi connectivity index (χ1n) is 12.1. The summed E-state index contributed by atoms with van der Waals surface area (Å²) in [7, 11) is 3.80. The van der Waals surface area contributed by atoms with Gasteiger partial charge in [0.1, 0.15) is 12.1 Å². The van der Waals surface area contributed by atoms with E-state index in [9.17, 15) is 4.79 Å². The minimum absolute atomic E-state index is 0.527. The fourth-order valence-electron chi connectivity index (χ4n) is 4.61. The minimum Gasteiger partial charge on any atom is -0.493 e. The van der Waals surface area contributed by atoms with Gasteiger partial charge in [0.25, 0.3) is 0 Å². The quantitative estimate of drug-likeness (QED) is 0.483. The maximum absolute atomic E-state index is 10.7. The molecule has 4 rings (SSSR count). The van der Waals surface area contributed by atoms with E-state index in [1.165, 1.54) is 0 Å². The molecule has 2 saturated heterocycles. The van der Waals surface area contributed by atoms with Crippen molar-refractivity contribution in [1.82, 2.24) is 19.8 Å². The molecule has 1 aromatic carbocycles. The summed E-state index contributed by atoms with van der Waals surface area (Å²) in [5.74, 6) is 3.87. The highest BCUT2D eigenvalue weighted by atomic mass is 16.5. The average Bonchev–Trinajstić information content (AvgIpc) is 3.28. The maximum atomic E-state index is 10.7. The van der Waals surface area contributed by atoms with E-state index in [4.69, 9.17) is 9.47 Å². The largest absolute Gasteiger partial charge is 0.493 e. The molecule has 0 aliphatic carbocycles. The van der Waals surface area contributed by atoms with Gasteiger partial charge in [-0.1, -0.05) is 0 Å². The Hall–Kier alpha value is -2.91. The molecule has 0 amide bonds. The Morgan fingerprint density at radius 2 is 1.94 bits per heavy atom. The van der Waals surface area contributed by atoms with Crippen molar-refractivity contribution in [3.05, 3.63) is 30.5 Å². The van der Waals surface area contributed by atoms with E-state index in [1.807, 2.05) is 24.3 Å². The second kappa shape index (κ2) is 12.0. The first-order valence-corrected chi connectivity index (χ1v) is 12.1. The summed E-state index contributed by atoms with van der Waals surface area (Å²) in [5, 5.41) is 6.73. The lowest BCUT2D eigenvalue weighted by Crippen LogP contribution is -2.36. The highest BCUT2D eigenvalue weighted by Crippen LogP contribution is 2.32. The number of aldehydes is 1. The maximum Gasteiger partial charge on any atom is 0.229 e. The molecule has 2 aliphatic rings. The average molecular weight is 469 g/mol. The van der Waals surface area contributed by atoms with Gasteiger partial charge in [-0.25, -0.2) is 4.98 Å². The molecule has 9 nitrogen and oxygen atoms in total. The van der Waals surface area contributed by atoms with Gasteiger partial charge in [-0.15, -0.1) is 0 Å². The van der Waals surface area contributed by atoms with Crippen LogP contribution in [0.4, 0.5) is 17.5 Å². The predicted molar refractivity (Wildman–Crippen MR) is 133 cm³/mol. The Balaban J connectivity index is 1.31. The highest BCUT2D eigenvalue weighted by molar-refractivity contribution is 5.60. The van der Waals surface area contributed by atoms with Crippen molar-refractivity contribution in [3.63, 3.8) is 0 Å². The molecule has 9 heteroatoms. The van der Waals surface area contributed by atoms with Crippen LogP contribution < -0.4 is 20.1 Å². The van der Waals surface area contributed by atoms with Crippen LogP contribution in [0.5, 0.6) is 11.5 Å². The summed E-state index contributed by atoms with van der Waals surface area (Å²) in [6.45, 7) is 6.20. The van der Waals surface area contributed by atoms with E-state index in [1.54, 1.807) is 13.3 Å². The minimum atomic E-state index is 0.527. The number of benzene rings is 1. The third-order valence-corrected chi connectivity index (χ3v) is 6.65. The number of hydrogen-bond acceptors (Lipinski definition) is 9. The second-order valence-corrected chi connectivity index (χ2v) is 9.28. The Morgan fingerprint density at radius 3 is 2.68 bits per heavy atom. The third-order valence-electron chi connectivity index (χ3n) is 6.65. The zero-order chi connectivity index (χ0) is 23.8. The smallest absolute Gasteiger partial charge is 0.229 e. The Labute approximate surface area is 201 Å². The van der Waals surface area contributed by atoms with Crippen molar-refractivity contribution >= 4 is 23.7 Å². The molecule has 0 saturated carbocycles. The van der Waals surface area contributed by atoms with Crippen LogP contribution in [0.1, 0.15) is 19.3 Å². The third kappa shape index (κ3) is 6.80. The lowest BCUT2D eigenvalue weighted by atomic mass is 9.97. The van der Waals surface area contributed by atoms with Gasteiger partial charge in [-0.2, -0.15) is 4.98 Å². The molecule has 3 heterocycles. The van der Waals surface area contributed by atoms with Crippen molar-refractivity contribution in [2.45, 2.75) is 19.3 Å². The molecule has 184 valence electrons. The SMILES string of the molecule is COc1ccc(Nc2nccc(NCC3CCN(CC=O)CC3)n2)cc1OCC1CCN(C)C1. The number of anilines is 3. The standard InChI is InChI=1S/C25H36N6O3/c1-30-10-6-20(17-30)18-34-23-15-21(3-4-22(23)33-2)28-25-26-9-5-24(29-25)27-16-19-7-11-31(12-8-19)13-14-32/h3-5,9,14-15,19-20H,6-8,10-13,16-18H2,1-2H3,(H2,26,27,28,29). The van der Waals surface area contributed by atoms with Gasteiger partial charge in [-0.05, 0) is 70.1 Å². The number of carbonyl (C=O) groups excluding carboxylic acids is 1. The van der Waals surface area contributed by atoms with Gasteiger partial charge in [0.2, 0.25) is 5.95 Å². The van der Waals surface area contributed by atoms with Crippen LogP contribution in [-0.2, 0) is 4.79 Å². The van der Waals surface area contributed by atoms with E-state index in [2.05, 4.69) is 37.4 Å². The summed E-state index contributed by atoms with van der Waals surface area (Å²) < 4.78 is 11.6. The van der Waals surface area contributed by atoms with Crippen LogP contribution in [0.25, 0.3) is 0 Å². The molecule has 1 aromatic heterocycles. The fourth-order valence-corrected chi connectivity index (χ4v) is 4.61. The number of rotatable bonds is 11. The summed E-state index contributed by atoms with van der Waals surface area (Å²) in [5.41, 5.74) is 0.846. The van der Waals surface area contributed by atoms with Crippen LogP contribution in [0, 0.1) is 11.8 Å². The summed E-state index contributed by atoms with van der Waals surface area (Å²) >= 11 is 0. The number of carbonyl (C=O) groups is 1. The predicted octanol–water partition coefficient (Wildman–Crippen LogP) is 2.88. The number of likely N-dealkylation sites (tertiary alicyclic amines) is 2. The van der Waals surface area contributed by atoms with Crippen LogP contribution >= 0.6 is 0 Å². The molecule has 2 fully saturated rings. The number of hydrogen-bond donors (Lipinski definition) is 2. The first kappa shape index (κ1) is 24.2. The van der Waals surface area contributed by atoms with E-state index in [-0.39, 0.29) is 0 Å². The monoisotopic (exact) mass is 468 g/mol. The van der Waals surface area contributed by atoms with E-state index in [0.717, 1.165) is 75.5 Å². The Bertz CT molecular complexity index is 935. The van der Waals surface area contributed by atoms with Crippen molar-refractivity contribution in [1.29, 1.82) is 0 Å². The molecule has 1 atom stereocenters. The van der Waals surface area contributed by atoms with Crippen molar-refractivity contribution in [2.75, 3.05) is 70.7 Å². The van der Waals surface area contributed by atoms with Gasteiger partial charge in [-0.3, -0.25) is 4.90 Å². The molecule has 1 unspecified atom stereocenters. The summed E-state index contributed by atoms with van der Waals surface area (Å²) in [6, 6.07) is 7.66. The molecule has 0 radical (unpaired) electrons. The molecule has 0 bridgehead atoms. The molecule has 2 aromatic rings. The molecular weight excluding hydrogens is 432 g/mol. The highest BCUT2D eigenvalue weighted by Gasteiger charge is 2.21. The zero-order valence-electron chi connectivity index (χ0n) is 20.2. The lowest BCUT2D eigenvalue weighted by Gasteiger charge is -2.30. The van der Waals surface area contributed by atoms with Gasteiger partial charge in [0, 0.05) is 37.0 Å². The van der Waals surface area contributed by atoms with Crippen molar-refractivity contribution in [3.8, 4) is 11.5 Å². The number of nitrogens with zero attached hydrogens (tertiary/aromatic N) is 4. The van der Waals surface area contributed by atoms with Crippen LogP contribution in [0.2, 0.25) is 0 Å². The molecule has 34 heavy (non-hydrogen) atoms. The van der Waals surface area contributed by atoms with Gasteiger partial charge in [0.15, 0.2) is 11.5 Å². The number of ether oxygens (including phenoxy) is 2. The summed E-state index contributed by atoms with van der Waals surface area (Å²) in [4.78, 5) is 24.2. The molecular formula is C25H36N6O3. The molecule has 2 aliphatic heterocycles. The van der Waals surface area contributed by atoms with Gasteiger partial charge in [0.05, 0.1) is 20.3 Å². The number of methoxy groups -OCH3 is 1. The summed E-state index contributed by atoms with van der Waals surface area (Å²) in [6.07, 6.45) is 6.07. The van der Waals surface area contributed by atoms with E-state index < -0.39 is 0 Å². The number of aromatic nitrogens is 2. The van der Waals surface area contributed by atoms with Crippen LogP contribution in [0.3, 0.4) is 0 Å². The normalized spacial score (nSPS) is 19.6.